The number of aryl methyl sites for hydroxylation is 1. The molecule has 1 spiro atoms. The van der Waals surface area contributed by atoms with Crippen LogP contribution in [0.4, 0.5) is 0 Å². The normalized spacial score (nSPS) is 24.8. The van der Waals surface area contributed by atoms with Crippen LogP contribution in [0.15, 0.2) is 16.5 Å². The van der Waals surface area contributed by atoms with E-state index in [1.54, 1.807) is 7.11 Å². The molecule has 1 aromatic rings. The lowest BCUT2D eigenvalue weighted by Crippen LogP contribution is -2.73. The highest BCUT2D eigenvalue weighted by Gasteiger charge is 2.53. The average Bonchev–Trinajstić information content (AvgIpc) is 3.27. The third-order valence-electron chi connectivity index (χ3n) is 7.75. The van der Waals surface area contributed by atoms with Gasteiger partial charge in [0.2, 0.25) is 11.8 Å². The summed E-state index contributed by atoms with van der Waals surface area (Å²) in [5, 5.41) is 3.15. The Morgan fingerprint density at radius 1 is 1.12 bits per heavy atom. The zero-order valence-electron chi connectivity index (χ0n) is 19.7. The van der Waals surface area contributed by atoms with Crippen LogP contribution in [0, 0.1) is 5.92 Å². The van der Waals surface area contributed by atoms with Gasteiger partial charge < -0.3 is 19.4 Å². The SMILES string of the molecule is CCc1ccc(CN2CCC3(CC2)C(=O)NC(CC2CCCCC2)C(=O)N3CCOC)o1. The van der Waals surface area contributed by atoms with E-state index in [0.717, 1.165) is 44.0 Å². The molecule has 1 aromatic heterocycles. The van der Waals surface area contributed by atoms with E-state index in [1.807, 2.05) is 17.0 Å². The molecule has 2 amide bonds. The third-order valence-corrected chi connectivity index (χ3v) is 7.75. The maximum atomic E-state index is 13.6. The number of rotatable bonds is 8. The molecule has 1 N–H and O–H groups in total. The molecule has 3 aliphatic rings. The van der Waals surface area contributed by atoms with E-state index < -0.39 is 5.54 Å². The average molecular weight is 446 g/mol. The van der Waals surface area contributed by atoms with Crippen molar-refractivity contribution < 1.29 is 18.7 Å². The Morgan fingerprint density at radius 3 is 2.50 bits per heavy atom. The van der Waals surface area contributed by atoms with Crippen molar-refractivity contribution in [2.45, 2.75) is 82.8 Å². The summed E-state index contributed by atoms with van der Waals surface area (Å²) in [6.07, 6.45) is 9.06. The second kappa shape index (κ2) is 10.4. The Bertz CT molecular complexity index is 778. The van der Waals surface area contributed by atoms with Gasteiger partial charge in [-0.25, -0.2) is 0 Å². The second-order valence-corrected chi connectivity index (χ2v) is 9.78. The van der Waals surface area contributed by atoms with Crippen LogP contribution in [-0.2, 0) is 27.3 Å². The van der Waals surface area contributed by atoms with Crippen LogP contribution in [-0.4, -0.2) is 66.5 Å². The number of piperazine rings is 1. The molecule has 32 heavy (non-hydrogen) atoms. The molecule has 1 unspecified atom stereocenters. The first kappa shape index (κ1) is 23.3. The van der Waals surface area contributed by atoms with Crippen LogP contribution in [0.2, 0.25) is 0 Å². The van der Waals surface area contributed by atoms with Gasteiger partial charge >= 0.3 is 0 Å². The maximum Gasteiger partial charge on any atom is 0.246 e. The number of likely N-dealkylation sites (tertiary alicyclic amines) is 1. The van der Waals surface area contributed by atoms with Crippen molar-refractivity contribution in [3.05, 3.63) is 23.7 Å². The molecule has 7 heteroatoms. The zero-order valence-corrected chi connectivity index (χ0v) is 19.7. The zero-order chi connectivity index (χ0) is 22.6. The molecule has 2 aliphatic heterocycles. The summed E-state index contributed by atoms with van der Waals surface area (Å²) in [6.45, 7) is 5.28. The van der Waals surface area contributed by atoms with Crippen LogP contribution in [0.1, 0.15) is 69.8 Å². The van der Waals surface area contributed by atoms with Gasteiger partial charge in [0.15, 0.2) is 0 Å². The molecule has 1 atom stereocenters. The lowest BCUT2D eigenvalue weighted by molar-refractivity contribution is -0.162. The van der Waals surface area contributed by atoms with Crippen LogP contribution >= 0.6 is 0 Å². The number of carbonyl (C=O) groups excluding carboxylic acids is 2. The number of piperidine rings is 1. The summed E-state index contributed by atoms with van der Waals surface area (Å²) < 4.78 is 11.2. The maximum absolute atomic E-state index is 13.6. The number of furan rings is 1. The third kappa shape index (κ3) is 4.88. The molecule has 2 saturated heterocycles. The van der Waals surface area contributed by atoms with Gasteiger partial charge in [-0.15, -0.1) is 0 Å². The number of methoxy groups -OCH3 is 1. The molecular formula is C25H39N3O4. The Balaban J connectivity index is 1.43. The van der Waals surface area contributed by atoms with Crippen LogP contribution in [0.25, 0.3) is 0 Å². The van der Waals surface area contributed by atoms with Gasteiger partial charge in [-0.1, -0.05) is 39.0 Å². The number of carbonyl (C=O) groups is 2. The highest BCUT2D eigenvalue weighted by molar-refractivity contribution is 6.00. The van der Waals surface area contributed by atoms with E-state index in [-0.39, 0.29) is 17.9 Å². The van der Waals surface area contributed by atoms with Crippen molar-refractivity contribution in [1.29, 1.82) is 0 Å². The van der Waals surface area contributed by atoms with E-state index >= 15 is 0 Å². The summed E-state index contributed by atoms with van der Waals surface area (Å²) in [7, 11) is 1.65. The monoisotopic (exact) mass is 445 g/mol. The lowest BCUT2D eigenvalue weighted by atomic mass is 9.79. The summed E-state index contributed by atoms with van der Waals surface area (Å²) in [5.74, 6) is 2.62. The molecule has 0 radical (unpaired) electrons. The van der Waals surface area contributed by atoms with Crippen molar-refractivity contribution in [1.82, 2.24) is 15.1 Å². The summed E-state index contributed by atoms with van der Waals surface area (Å²) in [4.78, 5) is 31.2. The number of nitrogens with one attached hydrogen (secondary N) is 1. The topological polar surface area (TPSA) is 75.0 Å². The minimum Gasteiger partial charge on any atom is -0.465 e. The first-order valence-electron chi connectivity index (χ1n) is 12.5. The summed E-state index contributed by atoms with van der Waals surface area (Å²) in [6, 6.07) is 3.69. The highest BCUT2D eigenvalue weighted by atomic mass is 16.5. The molecule has 1 aliphatic carbocycles. The predicted octanol–water partition coefficient (Wildman–Crippen LogP) is 3.12. The number of amides is 2. The van der Waals surface area contributed by atoms with Crippen molar-refractivity contribution in [2.24, 2.45) is 5.92 Å². The highest BCUT2D eigenvalue weighted by Crippen LogP contribution is 2.36. The van der Waals surface area contributed by atoms with Crippen molar-refractivity contribution in [3.8, 4) is 0 Å². The van der Waals surface area contributed by atoms with Gasteiger partial charge in [0, 0.05) is 33.2 Å². The lowest BCUT2D eigenvalue weighted by Gasteiger charge is -2.52. The summed E-state index contributed by atoms with van der Waals surface area (Å²) in [5.41, 5.74) is -0.757. The fourth-order valence-electron chi connectivity index (χ4n) is 5.79. The van der Waals surface area contributed by atoms with Crippen molar-refractivity contribution in [2.75, 3.05) is 33.4 Å². The first-order chi connectivity index (χ1) is 15.6. The Kier molecular flexibility index (Phi) is 7.56. The van der Waals surface area contributed by atoms with Crippen LogP contribution in [0.5, 0.6) is 0 Å². The second-order valence-electron chi connectivity index (χ2n) is 9.78. The molecular weight excluding hydrogens is 406 g/mol. The smallest absolute Gasteiger partial charge is 0.246 e. The van der Waals surface area contributed by atoms with Gasteiger partial charge in [0.1, 0.15) is 23.1 Å². The Morgan fingerprint density at radius 2 is 1.84 bits per heavy atom. The van der Waals surface area contributed by atoms with Crippen molar-refractivity contribution >= 4 is 11.8 Å². The van der Waals surface area contributed by atoms with E-state index in [1.165, 1.54) is 32.1 Å². The molecule has 4 rings (SSSR count). The minimum atomic E-state index is -0.757. The van der Waals surface area contributed by atoms with Crippen LogP contribution in [0.3, 0.4) is 0 Å². The first-order valence-corrected chi connectivity index (χ1v) is 12.5. The van der Waals surface area contributed by atoms with Crippen molar-refractivity contribution in [3.63, 3.8) is 0 Å². The fraction of sp³-hybridized carbons (Fsp3) is 0.760. The molecule has 7 nitrogen and oxygen atoms in total. The largest absolute Gasteiger partial charge is 0.465 e. The van der Waals surface area contributed by atoms with Gasteiger partial charge in [0.05, 0.1) is 13.2 Å². The van der Waals surface area contributed by atoms with Gasteiger partial charge in [-0.3, -0.25) is 14.5 Å². The number of ether oxygens (including phenoxy) is 1. The molecule has 178 valence electrons. The fourth-order valence-corrected chi connectivity index (χ4v) is 5.79. The number of hydrogen-bond donors (Lipinski definition) is 1. The molecule has 0 bridgehead atoms. The standard InChI is InChI=1S/C25H39N3O4/c1-3-20-9-10-21(32-20)18-27-13-11-25(12-14-27)24(30)26-22(17-19-7-5-4-6-8-19)23(29)28(25)15-16-31-2/h9-10,19,22H,3-8,11-18H2,1-2H3,(H,26,30). The quantitative estimate of drug-likeness (QED) is 0.665. The molecule has 3 heterocycles. The van der Waals surface area contributed by atoms with Gasteiger partial charge in [-0.05, 0) is 37.3 Å². The Labute approximate surface area is 191 Å². The Hall–Kier alpha value is -1.86. The molecule has 0 aromatic carbocycles. The minimum absolute atomic E-state index is 0.0277. The molecule has 3 fully saturated rings. The summed E-state index contributed by atoms with van der Waals surface area (Å²) >= 11 is 0. The van der Waals surface area contributed by atoms with E-state index in [4.69, 9.17) is 9.15 Å². The number of nitrogens with zero attached hydrogens (tertiary/aromatic N) is 2. The van der Waals surface area contributed by atoms with Crippen LogP contribution < -0.4 is 5.32 Å². The van der Waals surface area contributed by atoms with E-state index in [9.17, 15) is 9.59 Å². The van der Waals surface area contributed by atoms with Gasteiger partial charge in [-0.2, -0.15) is 0 Å². The predicted molar refractivity (Wildman–Crippen MR) is 122 cm³/mol. The number of hydrogen-bond acceptors (Lipinski definition) is 5. The molecule has 1 saturated carbocycles. The van der Waals surface area contributed by atoms with E-state index in [0.29, 0.717) is 31.9 Å². The van der Waals surface area contributed by atoms with E-state index in [2.05, 4.69) is 17.1 Å². The van der Waals surface area contributed by atoms with Gasteiger partial charge in [0.25, 0.3) is 0 Å².